The van der Waals surface area contributed by atoms with E-state index < -0.39 is 15.3 Å². The van der Waals surface area contributed by atoms with E-state index in [-0.39, 0.29) is 18.9 Å². The second-order valence-electron chi connectivity index (χ2n) is 5.58. The molecule has 1 aromatic rings. The Bertz CT molecular complexity index is 654. The Morgan fingerprint density at radius 3 is 2.50 bits per heavy atom. The largest absolute Gasteiger partial charge is 0.311 e. The number of nitrogens with zero attached hydrogens (tertiary/aromatic N) is 1. The number of sulfonamides is 1. The average molecular weight is 294 g/mol. The quantitative estimate of drug-likeness (QED) is 0.882. The maximum atomic E-state index is 12.0. The van der Waals surface area contributed by atoms with Crippen LogP contribution in [0.1, 0.15) is 30.4 Å². The molecular formula is C14H18N2O3S. The number of hydrogen-bond acceptors (Lipinski definition) is 3. The van der Waals surface area contributed by atoms with Crippen LogP contribution in [0.4, 0.5) is 5.69 Å². The Balaban J connectivity index is 1.88. The lowest BCUT2D eigenvalue weighted by atomic mass is 9.91. The fourth-order valence-electron chi connectivity index (χ4n) is 3.03. The van der Waals surface area contributed by atoms with Crippen LogP contribution >= 0.6 is 0 Å². The molecule has 1 atom stereocenters. The number of benzene rings is 1. The van der Waals surface area contributed by atoms with Crippen LogP contribution in [-0.2, 0) is 27.7 Å². The molecule has 20 heavy (non-hydrogen) atoms. The smallest absolute Gasteiger partial charge is 0.228 e. The van der Waals surface area contributed by atoms with Gasteiger partial charge in [0.25, 0.3) is 0 Å². The molecule has 1 fully saturated rings. The van der Waals surface area contributed by atoms with Crippen molar-refractivity contribution < 1.29 is 13.2 Å². The molecule has 1 aliphatic heterocycles. The number of nitrogens with two attached hydrogens (primary N) is 1. The normalized spacial score (nSPS) is 22.9. The molecule has 0 bridgehead atoms. The van der Waals surface area contributed by atoms with Crippen LogP contribution in [0.2, 0.25) is 0 Å². The first kappa shape index (κ1) is 13.6. The first-order chi connectivity index (χ1) is 9.45. The lowest BCUT2D eigenvalue weighted by Gasteiger charge is -2.21. The van der Waals surface area contributed by atoms with Gasteiger partial charge in [0.1, 0.15) is 5.25 Å². The molecule has 2 N–H and O–H groups in total. The van der Waals surface area contributed by atoms with Crippen molar-refractivity contribution in [3.05, 3.63) is 29.3 Å². The van der Waals surface area contributed by atoms with Gasteiger partial charge in [0, 0.05) is 18.7 Å². The van der Waals surface area contributed by atoms with E-state index in [1.165, 1.54) is 24.0 Å². The third-order valence-electron chi connectivity index (χ3n) is 4.20. The Labute approximate surface area is 118 Å². The maximum absolute atomic E-state index is 12.0. The van der Waals surface area contributed by atoms with Crippen LogP contribution in [0, 0.1) is 0 Å². The summed E-state index contributed by atoms with van der Waals surface area (Å²) < 4.78 is 22.8. The van der Waals surface area contributed by atoms with Crippen LogP contribution in [-0.4, -0.2) is 26.1 Å². The molecule has 1 saturated heterocycles. The highest BCUT2D eigenvalue weighted by Gasteiger charge is 2.37. The number of rotatable bonds is 2. The second kappa shape index (κ2) is 4.86. The van der Waals surface area contributed by atoms with Gasteiger partial charge in [-0.15, -0.1) is 0 Å². The van der Waals surface area contributed by atoms with E-state index in [4.69, 9.17) is 5.14 Å². The minimum Gasteiger partial charge on any atom is -0.311 e. The SMILES string of the molecule is NS(=O)(=O)C1CC(=O)N(c2ccc3c(c2)CCCC3)C1. The summed E-state index contributed by atoms with van der Waals surface area (Å²) in [7, 11) is -3.66. The number of carbonyl (C=O) groups is 1. The Morgan fingerprint density at radius 1 is 1.15 bits per heavy atom. The van der Waals surface area contributed by atoms with E-state index in [0.29, 0.717) is 0 Å². The molecule has 1 aromatic carbocycles. The van der Waals surface area contributed by atoms with Gasteiger partial charge in [0.2, 0.25) is 15.9 Å². The number of anilines is 1. The Kier molecular flexibility index (Phi) is 3.30. The molecule has 1 heterocycles. The first-order valence-corrected chi connectivity index (χ1v) is 8.50. The number of amides is 1. The van der Waals surface area contributed by atoms with Crippen molar-refractivity contribution in [1.29, 1.82) is 0 Å². The van der Waals surface area contributed by atoms with Gasteiger partial charge in [-0.1, -0.05) is 6.07 Å². The predicted octanol–water partition coefficient (Wildman–Crippen LogP) is 0.959. The van der Waals surface area contributed by atoms with E-state index in [1.54, 1.807) is 4.90 Å². The van der Waals surface area contributed by atoms with Crippen molar-refractivity contribution >= 4 is 21.6 Å². The minimum atomic E-state index is -3.66. The van der Waals surface area contributed by atoms with Gasteiger partial charge in [-0.3, -0.25) is 4.79 Å². The highest BCUT2D eigenvalue weighted by Crippen LogP contribution is 2.29. The van der Waals surface area contributed by atoms with Crippen molar-refractivity contribution in [3.63, 3.8) is 0 Å². The molecule has 1 amide bonds. The summed E-state index contributed by atoms with van der Waals surface area (Å²) in [6.45, 7) is 0.163. The van der Waals surface area contributed by atoms with Gasteiger partial charge in [-0.25, -0.2) is 13.6 Å². The molecule has 0 spiro atoms. The summed E-state index contributed by atoms with van der Waals surface area (Å²) in [6.07, 6.45) is 4.48. The molecule has 0 aromatic heterocycles. The summed E-state index contributed by atoms with van der Waals surface area (Å²) in [4.78, 5) is 13.6. The third kappa shape index (κ3) is 2.45. The fourth-order valence-corrected chi connectivity index (χ4v) is 3.76. The van der Waals surface area contributed by atoms with E-state index in [1.807, 2.05) is 12.1 Å². The van der Waals surface area contributed by atoms with Crippen molar-refractivity contribution in [3.8, 4) is 0 Å². The number of primary sulfonamides is 1. The first-order valence-electron chi connectivity index (χ1n) is 6.89. The minimum absolute atomic E-state index is 0.0179. The van der Waals surface area contributed by atoms with E-state index in [2.05, 4.69) is 6.07 Å². The van der Waals surface area contributed by atoms with Crippen molar-refractivity contribution in [2.75, 3.05) is 11.4 Å². The van der Waals surface area contributed by atoms with Crippen molar-refractivity contribution in [2.24, 2.45) is 5.14 Å². The van der Waals surface area contributed by atoms with E-state index >= 15 is 0 Å². The second-order valence-corrected chi connectivity index (χ2v) is 7.42. The van der Waals surface area contributed by atoms with E-state index in [9.17, 15) is 13.2 Å². The summed E-state index contributed by atoms with van der Waals surface area (Å²) >= 11 is 0. The summed E-state index contributed by atoms with van der Waals surface area (Å²) in [5.74, 6) is -0.167. The van der Waals surface area contributed by atoms with Crippen LogP contribution in [0.15, 0.2) is 18.2 Å². The topological polar surface area (TPSA) is 80.5 Å². The maximum Gasteiger partial charge on any atom is 0.228 e. The highest BCUT2D eigenvalue weighted by atomic mass is 32.2. The zero-order chi connectivity index (χ0) is 14.3. The van der Waals surface area contributed by atoms with Crippen LogP contribution in [0.25, 0.3) is 0 Å². The summed E-state index contributed by atoms with van der Waals surface area (Å²) in [6, 6.07) is 5.99. The van der Waals surface area contributed by atoms with Gasteiger partial charge in [-0.05, 0) is 48.9 Å². The summed E-state index contributed by atoms with van der Waals surface area (Å²) in [5, 5.41) is 4.36. The Morgan fingerprint density at radius 2 is 1.85 bits per heavy atom. The third-order valence-corrected chi connectivity index (χ3v) is 5.44. The molecular weight excluding hydrogens is 276 g/mol. The zero-order valence-electron chi connectivity index (χ0n) is 11.2. The molecule has 2 aliphatic rings. The predicted molar refractivity (Wildman–Crippen MR) is 76.9 cm³/mol. The zero-order valence-corrected chi connectivity index (χ0v) is 12.0. The standard InChI is InChI=1S/C14H18N2O3S/c15-20(18,19)13-8-14(17)16(9-13)12-6-5-10-3-1-2-4-11(10)7-12/h5-7,13H,1-4,8-9H2,(H2,15,18,19). The van der Waals surface area contributed by atoms with Crippen molar-refractivity contribution in [2.45, 2.75) is 37.4 Å². The molecule has 3 rings (SSSR count). The molecule has 0 radical (unpaired) electrons. The molecule has 6 heteroatoms. The van der Waals surface area contributed by atoms with E-state index in [0.717, 1.165) is 18.5 Å². The van der Waals surface area contributed by atoms with Gasteiger partial charge in [0.05, 0.1) is 0 Å². The van der Waals surface area contributed by atoms with Gasteiger partial charge < -0.3 is 4.90 Å². The van der Waals surface area contributed by atoms with Crippen LogP contribution in [0.3, 0.4) is 0 Å². The molecule has 1 aliphatic carbocycles. The number of hydrogen-bond donors (Lipinski definition) is 1. The number of fused-ring (bicyclic) bond motifs is 1. The van der Waals surface area contributed by atoms with Gasteiger partial charge in [-0.2, -0.15) is 0 Å². The summed E-state index contributed by atoms with van der Waals surface area (Å²) in [5.41, 5.74) is 3.41. The van der Waals surface area contributed by atoms with Gasteiger partial charge >= 0.3 is 0 Å². The fraction of sp³-hybridized carbons (Fsp3) is 0.500. The van der Waals surface area contributed by atoms with Crippen LogP contribution < -0.4 is 10.0 Å². The Hall–Kier alpha value is -1.40. The van der Waals surface area contributed by atoms with Crippen molar-refractivity contribution in [1.82, 2.24) is 0 Å². The van der Waals surface area contributed by atoms with Gasteiger partial charge in [0.15, 0.2) is 0 Å². The number of carbonyl (C=O) groups excluding carboxylic acids is 1. The monoisotopic (exact) mass is 294 g/mol. The molecule has 1 unspecified atom stereocenters. The highest BCUT2D eigenvalue weighted by molar-refractivity contribution is 7.89. The molecule has 0 saturated carbocycles. The van der Waals surface area contributed by atoms with Crippen LogP contribution in [0.5, 0.6) is 0 Å². The lowest BCUT2D eigenvalue weighted by Crippen LogP contribution is -2.32. The lowest BCUT2D eigenvalue weighted by molar-refractivity contribution is -0.117. The molecule has 5 nitrogen and oxygen atoms in total. The number of aryl methyl sites for hydroxylation is 2. The molecule has 108 valence electrons. The average Bonchev–Trinajstić information content (AvgIpc) is 2.80.